The van der Waals surface area contributed by atoms with Gasteiger partial charge in [-0.05, 0) is 42.5 Å². The predicted molar refractivity (Wildman–Crippen MR) is 188 cm³/mol. The van der Waals surface area contributed by atoms with Crippen LogP contribution in [0.15, 0.2) is 140 Å². The Morgan fingerprint density at radius 3 is 1.80 bits per heavy atom. The number of fused-ring (bicyclic) bond motifs is 7. The van der Waals surface area contributed by atoms with Crippen molar-refractivity contribution in [2.45, 2.75) is 0 Å². The molecule has 5 nitrogen and oxygen atoms in total. The Kier molecular flexibility index (Phi) is 5.98. The van der Waals surface area contributed by atoms with Crippen LogP contribution in [-0.4, -0.2) is 19.5 Å². The minimum atomic E-state index is 0.518. The fraction of sp³-hybridized carbons (Fsp3) is 0. The third-order valence-corrected chi connectivity index (χ3v) is 9.63. The quantitative estimate of drug-likeness (QED) is 0.200. The molecule has 0 amide bonds. The molecule has 46 heavy (non-hydrogen) atoms. The second kappa shape index (κ2) is 10.5. The summed E-state index contributed by atoms with van der Waals surface area (Å²) in [5.41, 5.74) is 6.04. The molecule has 9 rings (SSSR count). The summed E-state index contributed by atoms with van der Waals surface area (Å²) < 4.78 is 4.74. The second-order valence-electron chi connectivity index (χ2n) is 11.2. The maximum atomic E-state index is 10.6. The summed E-state index contributed by atoms with van der Waals surface area (Å²) in [6.07, 6.45) is 0. The van der Waals surface area contributed by atoms with Crippen LogP contribution in [0.2, 0.25) is 0 Å². The van der Waals surface area contributed by atoms with Gasteiger partial charge >= 0.3 is 0 Å². The lowest BCUT2D eigenvalue weighted by Gasteiger charge is -2.12. The number of hydrogen-bond donors (Lipinski definition) is 0. The molecule has 0 fully saturated rings. The van der Waals surface area contributed by atoms with E-state index < -0.39 is 0 Å². The topological polar surface area (TPSA) is 67.4 Å². The number of para-hydroxylation sites is 1. The molecule has 214 valence electrons. The van der Waals surface area contributed by atoms with Crippen molar-refractivity contribution < 1.29 is 0 Å². The lowest BCUT2D eigenvalue weighted by molar-refractivity contribution is 1.07. The Labute approximate surface area is 268 Å². The lowest BCUT2D eigenvalue weighted by Crippen LogP contribution is -2.02. The molecule has 3 heterocycles. The molecule has 9 aromatic rings. The van der Waals surface area contributed by atoms with Crippen molar-refractivity contribution in [2.75, 3.05) is 0 Å². The van der Waals surface area contributed by atoms with Crippen LogP contribution in [0.5, 0.6) is 0 Å². The van der Waals surface area contributed by atoms with Gasteiger partial charge in [0, 0.05) is 47.6 Å². The maximum absolute atomic E-state index is 10.6. The summed E-state index contributed by atoms with van der Waals surface area (Å²) in [7, 11) is 0. The number of nitriles is 1. The van der Waals surface area contributed by atoms with Crippen molar-refractivity contribution in [3.05, 3.63) is 145 Å². The first-order valence-corrected chi connectivity index (χ1v) is 15.8. The Hall–Kier alpha value is -6.16. The SMILES string of the molecule is N#Cc1cc(-c2nc(-c3ccccc3)nc(-c3ccccc3)n2)ccc1-n1c2ccccc2c2c3c(ccc21)sc1ccccc13. The molecule has 0 radical (unpaired) electrons. The van der Waals surface area contributed by atoms with Gasteiger partial charge in [0.05, 0.1) is 22.3 Å². The smallest absolute Gasteiger partial charge is 0.164 e. The van der Waals surface area contributed by atoms with Crippen molar-refractivity contribution in [2.24, 2.45) is 0 Å². The summed E-state index contributed by atoms with van der Waals surface area (Å²) in [5, 5.41) is 15.4. The summed E-state index contributed by atoms with van der Waals surface area (Å²) in [4.78, 5) is 14.6. The maximum Gasteiger partial charge on any atom is 0.164 e. The average Bonchev–Trinajstić information content (AvgIpc) is 3.67. The third-order valence-electron chi connectivity index (χ3n) is 8.49. The highest BCUT2D eigenvalue weighted by Gasteiger charge is 2.20. The van der Waals surface area contributed by atoms with Crippen molar-refractivity contribution in [3.8, 4) is 45.9 Å². The van der Waals surface area contributed by atoms with E-state index in [0.29, 0.717) is 23.0 Å². The van der Waals surface area contributed by atoms with Crippen molar-refractivity contribution >= 4 is 53.3 Å². The number of rotatable bonds is 4. The van der Waals surface area contributed by atoms with Gasteiger partial charge in [-0.1, -0.05) is 97.1 Å². The van der Waals surface area contributed by atoms with Crippen LogP contribution < -0.4 is 0 Å². The fourth-order valence-corrected chi connectivity index (χ4v) is 7.55. The zero-order valence-corrected chi connectivity index (χ0v) is 25.2. The zero-order chi connectivity index (χ0) is 30.6. The monoisotopic (exact) mass is 605 g/mol. The standard InChI is InChI=1S/C40H23N5S/c41-24-28-23-27(40-43-38(25-11-3-1-4-12-25)42-39(44-40)26-13-5-2-6-14-26)19-20-31(28)45-32-17-9-7-15-29(32)36-33(45)21-22-35-37(36)30-16-8-10-18-34(30)46-35/h1-23H. The van der Waals surface area contributed by atoms with Crippen LogP contribution >= 0.6 is 11.3 Å². The molecule has 0 bridgehead atoms. The molecule has 0 unspecified atom stereocenters. The molecule has 3 aromatic heterocycles. The fourth-order valence-electron chi connectivity index (χ4n) is 6.43. The van der Waals surface area contributed by atoms with Crippen LogP contribution in [0.3, 0.4) is 0 Å². The van der Waals surface area contributed by atoms with Gasteiger partial charge < -0.3 is 4.57 Å². The zero-order valence-electron chi connectivity index (χ0n) is 24.4. The number of benzene rings is 6. The average molecular weight is 606 g/mol. The Morgan fingerprint density at radius 2 is 1.11 bits per heavy atom. The van der Waals surface area contributed by atoms with Crippen LogP contribution in [0, 0.1) is 11.3 Å². The van der Waals surface area contributed by atoms with E-state index in [2.05, 4.69) is 71.3 Å². The molecule has 0 aliphatic heterocycles. The first-order chi connectivity index (χ1) is 22.8. The van der Waals surface area contributed by atoms with Gasteiger partial charge in [0.1, 0.15) is 6.07 Å². The van der Waals surface area contributed by atoms with Crippen molar-refractivity contribution in [1.29, 1.82) is 5.26 Å². The van der Waals surface area contributed by atoms with Gasteiger partial charge in [-0.2, -0.15) is 5.26 Å². The van der Waals surface area contributed by atoms with Gasteiger partial charge in [0.2, 0.25) is 0 Å². The highest BCUT2D eigenvalue weighted by Crippen LogP contribution is 2.43. The first-order valence-electron chi connectivity index (χ1n) is 15.0. The number of hydrogen-bond acceptors (Lipinski definition) is 5. The highest BCUT2D eigenvalue weighted by molar-refractivity contribution is 7.26. The summed E-state index contributed by atoms with van der Waals surface area (Å²) in [6, 6.07) is 49.7. The van der Waals surface area contributed by atoms with E-state index in [9.17, 15) is 5.26 Å². The van der Waals surface area contributed by atoms with E-state index in [1.165, 1.54) is 25.6 Å². The molecule has 0 saturated heterocycles. The molecular formula is C40H23N5S. The molecule has 6 aromatic carbocycles. The number of nitrogens with zero attached hydrogens (tertiary/aromatic N) is 5. The normalized spacial score (nSPS) is 11.5. The first kappa shape index (κ1) is 26.3. The van der Waals surface area contributed by atoms with E-state index in [4.69, 9.17) is 15.0 Å². The third kappa shape index (κ3) is 4.11. The van der Waals surface area contributed by atoms with Crippen LogP contribution in [0.1, 0.15) is 5.56 Å². The Bertz CT molecular complexity index is 2590. The van der Waals surface area contributed by atoms with E-state index in [1.807, 2.05) is 90.2 Å². The molecule has 0 saturated carbocycles. The van der Waals surface area contributed by atoms with E-state index in [-0.39, 0.29) is 0 Å². The largest absolute Gasteiger partial charge is 0.308 e. The minimum absolute atomic E-state index is 0.518. The van der Waals surface area contributed by atoms with Crippen LogP contribution in [0.4, 0.5) is 0 Å². The van der Waals surface area contributed by atoms with Crippen LogP contribution in [-0.2, 0) is 0 Å². The molecular weight excluding hydrogens is 583 g/mol. The summed E-state index contributed by atoms with van der Waals surface area (Å²) in [5.74, 6) is 1.69. The van der Waals surface area contributed by atoms with E-state index in [0.717, 1.165) is 38.8 Å². The number of thiophene rings is 1. The Balaban J connectivity index is 1.27. The van der Waals surface area contributed by atoms with Gasteiger partial charge in [-0.25, -0.2) is 15.0 Å². The molecule has 6 heteroatoms. The lowest BCUT2D eigenvalue weighted by atomic mass is 10.1. The van der Waals surface area contributed by atoms with Gasteiger partial charge in [0.25, 0.3) is 0 Å². The van der Waals surface area contributed by atoms with Gasteiger partial charge in [-0.15, -0.1) is 11.3 Å². The molecule has 0 aliphatic rings. The van der Waals surface area contributed by atoms with Gasteiger partial charge in [-0.3, -0.25) is 0 Å². The molecule has 0 atom stereocenters. The minimum Gasteiger partial charge on any atom is -0.308 e. The van der Waals surface area contributed by atoms with Crippen LogP contribution in [0.25, 0.3) is 81.8 Å². The number of aromatic nitrogens is 4. The summed E-state index contributed by atoms with van der Waals surface area (Å²) in [6.45, 7) is 0. The van der Waals surface area contributed by atoms with E-state index in [1.54, 1.807) is 0 Å². The molecule has 0 N–H and O–H groups in total. The summed E-state index contributed by atoms with van der Waals surface area (Å²) >= 11 is 1.82. The van der Waals surface area contributed by atoms with Crippen molar-refractivity contribution in [1.82, 2.24) is 19.5 Å². The van der Waals surface area contributed by atoms with E-state index >= 15 is 0 Å². The van der Waals surface area contributed by atoms with Gasteiger partial charge in [0.15, 0.2) is 17.5 Å². The Morgan fingerprint density at radius 1 is 0.500 bits per heavy atom. The predicted octanol–water partition coefficient (Wildman–Crippen LogP) is 10.2. The highest BCUT2D eigenvalue weighted by atomic mass is 32.1. The molecule has 0 spiro atoms. The molecule has 0 aliphatic carbocycles. The van der Waals surface area contributed by atoms with Crippen molar-refractivity contribution in [3.63, 3.8) is 0 Å². The second-order valence-corrected chi connectivity index (χ2v) is 12.2.